The van der Waals surface area contributed by atoms with Gasteiger partial charge in [0.25, 0.3) is 0 Å². The molecular formula is C25H33F3O2. The lowest BCUT2D eigenvalue weighted by molar-refractivity contribution is -0.273. The smallest absolute Gasteiger partial charge is 0.405 e. The van der Waals surface area contributed by atoms with E-state index in [9.17, 15) is 18.0 Å². The van der Waals surface area contributed by atoms with Crippen molar-refractivity contribution in [2.45, 2.75) is 82.9 Å². The minimum atomic E-state index is -4.50. The third kappa shape index (κ3) is 2.07. The molecule has 0 aromatic heterocycles. The van der Waals surface area contributed by atoms with E-state index in [1.807, 2.05) is 6.92 Å². The molecule has 0 heterocycles. The van der Waals surface area contributed by atoms with Crippen molar-refractivity contribution < 1.29 is 22.7 Å². The van der Waals surface area contributed by atoms with Gasteiger partial charge in [0, 0.05) is 0 Å². The molecule has 5 heteroatoms. The molecule has 2 nitrogen and oxygen atoms in total. The quantitative estimate of drug-likeness (QED) is 0.403. The van der Waals surface area contributed by atoms with E-state index in [1.165, 1.54) is 12.8 Å². The molecule has 0 radical (unpaired) electrons. The summed E-state index contributed by atoms with van der Waals surface area (Å²) in [7, 11) is 0. The van der Waals surface area contributed by atoms with E-state index < -0.39 is 29.1 Å². The van der Waals surface area contributed by atoms with Crippen LogP contribution in [-0.4, -0.2) is 17.7 Å². The maximum Gasteiger partial charge on any atom is 0.405 e. The first-order valence-electron chi connectivity index (χ1n) is 12.5. The van der Waals surface area contributed by atoms with Gasteiger partial charge in [0.2, 0.25) is 0 Å². The van der Waals surface area contributed by atoms with Gasteiger partial charge in [-0.15, -0.1) is 0 Å². The first-order chi connectivity index (χ1) is 14.2. The van der Waals surface area contributed by atoms with Crippen molar-refractivity contribution in [1.82, 2.24) is 0 Å². The van der Waals surface area contributed by atoms with Crippen molar-refractivity contribution in [3.63, 3.8) is 0 Å². The van der Waals surface area contributed by atoms with Gasteiger partial charge < -0.3 is 4.74 Å². The van der Waals surface area contributed by atoms with E-state index in [0.717, 1.165) is 38.5 Å². The van der Waals surface area contributed by atoms with E-state index in [0.29, 0.717) is 36.0 Å². The molecule has 0 saturated heterocycles. The van der Waals surface area contributed by atoms with Crippen LogP contribution in [0.4, 0.5) is 13.2 Å². The minimum Gasteiger partial charge on any atom is -0.458 e. The van der Waals surface area contributed by atoms with Crippen LogP contribution < -0.4 is 0 Å². The Kier molecular flexibility index (Phi) is 3.51. The second-order valence-electron chi connectivity index (χ2n) is 12.6. The van der Waals surface area contributed by atoms with E-state index in [-0.39, 0.29) is 30.1 Å². The first-order valence-corrected chi connectivity index (χ1v) is 12.5. The normalized spacial score (nSPS) is 59.7. The third-order valence-electron chi connectivity index (χ3n) is 11.8. The van der Waals surface area contributed by atoms with E-state index in [4.69, 9.17) is 4.74 Å². The van der Waals surface area contributed by atoms with Crippen molar-refractivity contribution in [2.75, 3.05) is 0 Å². The Balaban J connectivity index is 1.22. The van der Waals surface area contributed by atoms with Crippen LogP contribution in [0, 0.1) is 64.6 Å². The number of rotatable bonds is 2. The van der Waals surface area contributed by atoms with E-state index in [2.05, 4.69) is 0 Å². The number of hydrogen-bond donors (Lipinski definition) is 0. The Morgan fingerprint density at radius 2 is 1.43 bits per heavy atom. The van der Waals surface area contributed by atoms with Gasteiger partial charge >= 0.3 is 12.1 Å². The highest BCUT2D eigenvalue weighted by atomic mass is 19.4. The van der Waals surface area contributed by atoms with Crippen LogP contribution in [0.25, 0.3) is 0 Å². The van der Waals surface area contributed by atoms with Gasteiger partial charge in [0.15, 0.2) is 5.41 Å². The molecule has 0 aromatic rings. The summed E-state index contributed by atoms with van der Waals surface area (Å²) >= 11 is 0. The molecular weight excluding hydrogens is 389 g/mol. The van der Waals surface area contributed by atoms with Crippen LogP contribution in [0.3, 0.4) is 0 Å². The molecule has 7 unspecified atom stereocenters. The Bertz CT molecular complexity index is 762. The van der Waals surface area contributed by atoms with Crippen molar-refractivity contribution in [3.05, 3.63) is 0 Å². The molecule has 8 saturated carbocycles. The fraction of sp³-hybridized carbons (Fsp3) is 0.960. The molecule has 0 aromatic carbocycles. The second kappa shape index (κ2) is 5.60. The summed E-state index contributed by atoms with van der Waals surface area (Å²) in [6.45, 7) is 1.98. The van der Waals surface area contributed by atoms with Gasteiger partial charge in [0.1, 0.15) is 5.60 Å². The first kappa shape index (κ1) is 18.8. The Hall–Kier alpha value is -0.740. The maximum atomic E-state index is 14.8. The summed E-state index contributed by atoms with van der Waals surface area (Å²) in [5.41, 5.74) is -2.92. The molecule has 0 spiro atoms. The minimum absolute atomic E-state index is 0.00104. The zero-order valence-corrected chi connectivity index (χ0v) is 17.8. The topological polar surface area (TPSA) is 26.3 Å². The number of halogens is 3. The SMILES string of the molecule is CC1(OC(=O)C2(C(F)(F)F)CC3CC2C2C4CCC(C4)C32)C2CC3CC(C2)CC1C3. The Morgan fingerprint density at radius 3 is 2.03 bits per heavy atom. The molecule has 0 N–H and O–H groups in total. The summed E-state index contributed by atoms with van der Waals surface area (Å²) in [4.78, 5) is 13.7. The van der Waals surface area contributed by atoms with Gasteiger partial charge in [0.05, 0.1) is 0 Å². The summed E-state index contributed by atoms with van der Waals surface area (Å²) in [5, 5.41) is 0. The van der Waals surface area contributed by atoms with E-state index in [1.54, 1.807) is 0 Å². The summed E-state index contributed by atoms with van der Waals surface area (Å²) in [6.07, 6.45) is 4.91. The van der Waals surface area contributed by atoms with Crippen molar-refractivity contribution in [1.29, 1.82) is 0 Å². The predicted octanol–water partition coefficient (Wildman–Crippen LogP) is 6.00. The van der Waals surface area contributed by atoms with Crippen LogP contribution >= 0.6 is 0 Å². The highest BCUT2D eigenvalue weighted by Crippen LogP contribution is 2.75. The number of alkyl halides is 3. The van der Waals surface area contributed by atoms with Gasteiger partial charge in [-0.1, -0.05) is 0 Å². The third-order valence-corrected chi connectivity index (χ3v) is 11.8. The average molecular weight is 423 g/mol. The van der Waals surface area contributed by atoms with Crippen LogP contribution in [0.15, 0.2) is 0 Å². The van der Waals surface area contributed by atoms with Gasteiger partial charge in [-0.3, -0.25) is 4.79 Å². The van der Waals surface area contributed by atoms with Gasteiger partial charge in [-0.25, -0.2) is 0 Å². The highest BCUT2D eigenvalue weighted by Gasteiger charge is 2.78. The molecule has 0 aliphatic heterocycles. The molecule has 8 rings (SSSR count). The standard InChI is InChI=1S/C25H33F3O2/c1-23(17-5-12-4-13(7-17)8-18(23)6-12)30-22(29)24(25(26,27)28)11-16-10-19(24)21-15-3-2-14(9-15)20(16)21/h12-21H,2-11H2,1H3. The van der Waals surface area contributed by atoms with Crippen LogP contribution in [0.2, 0.25) is 0 Å². The molecule has 166 valence electrons. The molecule has 8 fully saturated rings. The molecule has 7 atom stereocenters. The van der Waals surface area contributed by atoms with Crippen molar-refractivity contribution >= 4 is 5.97 Å². The van der Waals surface area contributed by atoms with Crippen LogP contribution in [0.5, 0.6) is 0 Å². The Morgan fingerprint density at radius 1 is 0.833 bits per heavy atom. The number of esters is 1. The average Bonchev–Trinajstić information content (AvgIpc) is 3.43. The lowest BCUT2D eigenvalue weighted by atomic mass is 9.50. The van der Waals surface area contributed by atoms with Crippen LogP contribution in [0.1, 0.15) is 71.1 Å². The lowest BCUT2D eigenvalue weighted by Gasteiger charge is -2.59. The summed E-state index contributed by atoms with van der Waals surface area (Å²) in [5.74, 6) is 2.19. The molecule has 30 heavy (non-hydrogen) atoms. The fourth-order valence-electron chi connectivity index (χ4n) is 10.9. The summed E-state index contributed by atoms with van der Waals surface area (Å²) in [6, 6.07) is 0. The molecule has 8 bridgehead atoms. The number of ether oxygens (including phenoxy) is 1. The zero-order valence-electron chi connectivity index (χ0n) is 17.8. The molecule has 0 amide bonds. The van der Waals surface area contributed by atoms with Crippen LogP contribution in [-0.2, 0) is 9.53 Å². The number of carbonyl (C=O) groups is 1. The predicted molar refractivity (Wildman–Crippen MR) is 104 cm³/mol. The maximum absolute atomic E-state index is 14.8. The van der Waals surface area contributed by atoms with Gasteiger partial charge in [-0.05, 0) is 130 Å². The van der Waals surface area contributed by atoms with Crippen molar-refractivity contribution in [2.24, 2.45) is 64.6 Å². The van der Waals surface area contributed by atoms with Gasteiger partial charge in [-0.2, -0.15) is 13.2 Å². The molecule has 8 aliphatic carbocycles. The second-order valence-corrected chi connectivity index (χ2v) is 12.6. The highest BCUT2D eigenvalue weighted by molar-refractivity contribution is 5.80. The summed E-state index contributed by atoms with van der Waals surface area (Å²) < 4.78 is 50.4. The largest absolute Gasteiger partial charge is 0.458 e. The Labute approximate surface area is 176 Å². The van der Waals surface area contributed by atoms with E-state index >= 15 is 0 Å². The number of fused-ring (bicyclic) bond motifs is 9. The molecule has 8 aliphatic rings. The number of hydrogen-bond acceptors (Lipinski definition) is 2. The number of carbonyl (C=O) groups excluding carboxylic acids is 1. The van der Waals surface area contributed by atoms with Crippen molar-refractivity contribution in [3.8, 4) is 0 Å². The zero-order chi connectivity index (χ0) is 20.6. The lowest BCUT2D eigenvalue weighted by Crippen LogP contribution is -2.61. The fourth-order valence-corrected chi connectivity index (χ4v) is 10.9. The monoisotopic (exact) mass is 422 g/mol.